The molecule has 0 aliphatic carbocycles. The van der Waals surface area contributed by atoms with Gasteiger partial charge in [0.05, 0.1) is 16.5 Å². The van der Waals surface area contributed by atoms with Gasteiger partial charge in [0.1, 0.15) is 6.42 Å². The van der Waals surface area contributed by atoms with Crippen LogP contribution in [0.5, 0.6) is 0 Å². The fraction of sp³-hybridized carbons (Fsp3) is 0.0833. The van der Waals surface area contributed by atoms with Crippen LogP contribution in [0.3, 0.4) is 0 Å². The molecule has 5 nitrogen and oxygen atoms in total. The lowest BCUT2D eigenvalue weighted by Gasteiger charge is -2.05. The van der Waals surface area contributed by atoms with Gasteiger partial charge in [0, 0.05) is 17.3 Å². The van der Waals surface area contributed by atoms with Crippen LogP contribution in [0.2, 0.25) is 5.02 Å². The lowest BCUT2D eigenvalue weighted by Crippen LogP contribution is -2.11. The van der Waals surface area contributed by atoms with Gasteiger partial charge in [-0.25, -0.2) is 0 Å². The number of nitriles is 1. The van der Waals surface area contributed by atoms with Crippen LogP contribution < -0.4 is 10.9 Å². The van der Waals surface area contributed by atoms with E-state index in [1.807, 2.05) is 0 Å². The standard InChI is InChI=1S/C12H8ClN3O2/c13-10-6-15-12(18)9-5-7(1-2-8(9)10)16-11(17)3-4-14/h1-2,5-6H,3H2,(H,15,18)(H,16,17). The molecule has 2 N–H and O–H groups in total. The molecule has 1 heterocycles. The van der Waals surface area contributed by atoms with Crippen LogP contribution in [0.15, 0.2) is 29.2 Å². The number of hydrogen-bond acceptors (Lipinski definition) is 3. The number of nitrogens with one attached hydrogen (secondary N) is 2. The molecule has 0 fully saturated rings. The summed E-state index contributed by atoms with van der Waals surface area (Å²) in [5.41, 5.74) is 0.168. The van der Waals surface area contributed by atoms with Gasteiger partial charge in [0.25, 0.3) is 5.56 Å². The zero-order chi connectivity index (χ0) is 13.1. The summed E-state index contributed by atoms with van der Waals surface area (Å²) in [6.07, 6.45) is 1.18. The maximum absolute atomic E-state index is 11.6. The average Bonchev–Trinajstić information content (AvgIpc) is 2.34. The number of amides is 1. The first-order chi connectivity index (χ1) is 8.61. The molecule has 6 heteroatoms. The van der Waals surface area contributed by atoms with Gasteiger partial charge in [0.15, 0.2) is 0 Å². The van der Waals surface area contributed by atoms with E-state index in [2.05, 4.69) is 10.3 Å². The summed E-state index contributed by atoms with van der Waals surface area (Å²) in [6.45, 7) is 0. The van der Waals surface area contributed by atoms with Gasteiger partial charge in [-0.05, 0) is 12.1 Å². The van der Waals surface area contributed by atoms with Gasteiger partial charge >= 0.3 is 0 Å². The molecule has 0 aliphatic heterocycles. The zero-order valence-corrected chi connectivity index (χ0v) is 9.91. The molecule has 0 spiro atoms. The summed E-state index contributed by atoms with van der Waals surface area (Å²) >= 11 is 5.94. The van der Waals surface area contributed by atoms with Gasteiger partial charge in [-0.15, -0.1) is 0 Å². The number of nitrogens with zero attached hydrogens (tertiary/aromatic N) is 1. The van der Waals surface area contributed by atoms with E-state index in [1.165, 1.54) is 12.3 Å². The quantitative estimate of drug-likeness (QED) is 0.867. The largest absolute Gasteiger partial charge is 0.327 e. The number of benzene rings is 1. The van der Waals surface area contributed by atoms with Crippen molar-refractivity contribution in [3.8, 4) is 6.07 Å². The number of halogens is 1. The summed E-state index contributed by atoms with van der Waals surface area (Å²) in [7, 11) is 0. The number of H-pyrrole nitrogens is 1. The second-order valence-corrected chi connectivity index (χ2v) is 4.02. The first kappa shape index (κ1) is 12.1. The highest BCUT2D eigenvalue weighted by molar-refractivity contribution is 6.35. The molecule has 2 rings (SSSR count). The summed E-state index contributed by atoms with van der Waals surface area (Å²) in [5, 5.41) is 12.3. The summed E-state index contributed by atoms with van der Waals surface area (Å²) in [6, 6.07) is 6.54. The highest BCUT2D eigenvalue weighted by atomic mass is 35.5. The predicted molar refractivity (Wildman–Crippen MR) is 68.4 cm³/mol. The highest BCUT2D eigenvalue weighted by Gasteiger charge is 2.06. The second kappa shape index (κ2) is 4.90. The van der Waals surface area contributed by atoms with Crippen LogP contribution in [-0.2, 0) is 4.79 Å². The second-order valence-electron chi connectivity index (χ2n) is 3.61. The molecule has 0 atom stereocenters. The maximum Gasteiger partial charge on any atom is 0.255 e. The van der Waals surface area contributed by atoms with E-state index in [0.29, 0.717) is 21.5 Å². The SMILES string of the molecule is N#CCC(=O)Nc1ccc2c(Cl)c[nH]c(=O)c2c1. The molecular weight excluding hydrogens is 254 g/mol. The number of aromatic nitrogens is 1. The Bertz CT molecular complexity index is 715. The maximum atomic E-state index is 11.6. The van der Waals surface area contributed by atoms with Crippen molar-refractivity contribution >= 4 is 34.0 Å². The number of aromatic amines is 1. The molecule has 18 heavy (non-hydrogen) atoms. The molecule has 0 bridgehead atoms. The minimum absolute atomic E-state index is 0.232. The molecule has 90 valence electrons. The zero-order valence-electron chi connectivity index (χ0n) is 9.16. The van der Waals surface area contributed by atoms with Crippen molar-refractivity contribution in [3.05, 3.63) is 39.8 Å². The number of carbonyl (C=O) groups excluding carboxylic acids is 1. The van der Waals surface area contributed by atoms with E-state index in [9.17, 15) is 9.59 Å². The Balaban J connectivity index is 2.45. The number of anilines is 1. The van der Waals surface area contributed by atoms with E-state index < -0.39 is 5.91 Å². The monoisotopic (exact) mass is 261 g/mol. The van der Waals surface area contributed by atoms with Crippen LogP contribution in [0.1, 0.15) is 6.42 Å². The fourth-order valence-electron chi connectivity index (χ4n) is 1.58. The van der Waals surface area contributed by atoms with Gasteiger partial charge < -0.3 is 10.3 Å². The van der Waals surface area contributed by atoms with Crippen LogP contribution in [0.4, 0.5) is 5.69 Å². The van der Waals surface area contributed by atoms with Crippen molar-refractivity contribution in [3.63, 3.8) is 0 Å². The van der Waals surface area contributed by atoms with Crippen molar-refractivity contribution < 1.29 is 4.79 Å². The Kier molecular flexibility index (Phi) is 3.31. The smallest absolute Gasteiger partial charge is 0.255 e. The fourth-order valence-corrected chi connectivity index (χ4v) is 1.80. The number of pyridine rings is 1. The molecule has 0 radical (unpaired) electrons. The third-order valence-electron chi connectivity index (χ3n) is 2.37. The molecule has 0 saturated heterocycles. The first-order valence-corrected chi connectivity index (χ1v) is 5.47. The Labute approximate surface area is 107 Å². The average molecular weight is 262 g/mol. The Morgan fingerprint density at radius 3 is 2.94 bits per heavy atom. The van der Waals surface area contributed by atoms with E-state index in [1.54, 1.807) is 18.2 Å². The number of hydrogen-bond donors (Lipinski definition) is 2. The normalized spacial score (nSPS) is 10.0. The molecule has 2 aromatic rings. The highest BCUT2D eigenvalue weighted by Crippen LogP contribution is 2.22. The molecule has 1 aromatic carbocycles. The number of rotatable bonds is 2. The third-order valence-corrected chi connectivity index (χ3v) is 2.69. The van der Waals surface area contributed by atoms with Crippen molar-refractivity contribution in [2.75, 3.05) is 5.32 Å². The predicted octanol–water partition coefficient (Wildman–Crippen LogP) is 2.03. The van der Waals surface area contributed by atoms with E-state index in [0.717, 1.165) is 0 Å². The molecule has 1 amide bonds. The Morgan fingerprint density at radius 2 is 2.22 bits per heavy atom. The minimum Gasteiger partial charge on any atom is -0.327 e. The summed E-state index contributed by atoms with van der Waals surface area (Å²) in [4.78, 5) is 25.4. The van der Waals surface area contributed by atoms with Crippen molar-refractivity contribution in [1.29, 1.82) is 5.26 Å². The molecule has 1 aromatic heterocycles. The van der Waals surface area contributed by atoms with Crippen LogP contribution in [0.25, 0.3) is 10.8 Å². The van der Waals surface area contributed by atoms with Gasteiger partial charge in [0.2, 0.25) is 5.91 Å². The first-order valence-electron chi connectivity index (χ1n) is 5.09. The minimum atomic E-state index is -0.421. The topological polar surface area (TPSA) is 85.8 Å². The number of carbonyl (C=O) groups is 1. The molecule has 0 unspecified atom stereocenters. The summed E-state index contributed by atoms with van der Waals surface area (Å²) < 4.78 is 0. The van der Waals surface area contributed by atoms with Gasteiger partial charge in [-0.3, -0.25) is 9.59 Å². The van der Waals surface area contributed by atoms with E-state index in [4.69, 9.17) is 16.9 Å². The van der Waals surface area contributed by atoms with E-state index >= 15 is 0 Å². The van der Waals surface area contributed by atoms with Crippen molar-refractivity contribution in [2.45, 2.75) is 6.42 Å². The molecule has 0 saturated carbocycles. The summed E-state index contributed by atoms with van der Waals surface area (Å²) in [5.74, 6) is -0.421. The van der Waals surface area contributed by atoms with Crippen molar-refractivity contribution in [1.82, 2.24) is 4.98 Å². The lowest BCUT2D eigenvalue weighted by atomic mass is 10.1. The molecule has 0 aliphatic rings. The Morgan fingerprint density at radius 1 is 1.44 bits per heavy atom. The van der Waals surface area contributed by atoms with Crippen molar-refractivity contribution in [2.24, 2.45) is 0 Å². The Hall–Kier alpha value is -2.32. The molecular formula is C12H8ClN3O2. The lowest BCUT2D eigenvalue weighted by molar-refractivity contribution is -0.115. The van der Waals surface area contributed by atoms with E-state index in [-0.39, 0.29) is 12.0 Å². The van der Waals surface area contributed by atoms with Crippen LogP contribution in [0, 0.1) is 11.3 Å². The third kappa shape index (κ3) is 2.34. The van der Waals surface area contributed by atoms with Gasteiger partial charge in [-0.1, -0.05) is 17.7 Å². The van der Waals surface area contributed by atoms with Gasteiger partial charge in [-0.2, -0.15) is 5.26 Å². The number of fused-ring (bicyclic) bond motifs is 1. The van der Waals surface area contributed by atoms with Crippen LogP contribution in [-0.4, -0.2) is 10.9 Å². The van der Waals surface area contributed by atoms with Crippen LogP contribution >= 0.6 is 11.6 Å².